The second-order valence-corrected chi connectivity index (χ2v) is 5.46. The van der Waals surface area contributed by atoms with Crippen molar-refractivity contribution in [3.05, 3.63) is 0 Å². The van der Waals surface area contributed by atoms with Crippen molar-refractivity contribution >= 4 is 0 Å². The van der Waals surface area contributed by atoms with E-state index < -0.39 is 5.60 Å². The smallest absolute Gasteiger partial charge is 0.0750 e. The van der Waals surface area contributed by atoms with Crippen LogP contribution in [0, 0.1) is 11.3 Å². The van der Waals surface area contributed by atoms with Crippen LogP contribution >= 0.6 is 0 Å². The van der Waals surface area contributed by atoms with Crippen LogP contribution in [0.15, 0.2) is 0 Å². The van der Waals surface area contributed by atoms with Gasteiger partial charge in [-0.3, -0.25) is 0 Å². The third-order valence-electron chi connectivity index (χ3n) is 4.76. The van der Waals surface area contributed by atoms with Crippen molar-refractivity contribution in [1.29, 1.82) is 0 Å². The minimum absolute atomic E-state index is 0.0803. The van der Waals surface area contributed by atoms with E-state index in [9.17, 15) is 10.2 Å². The second kappa shape index (κ2) is 3.49. The second-order valence-electron chi connectivity index (χ2n) is 5.46. The maximum atomic E-state index is 10.8. The van der Waals surface area contributed by atoms with Crippen LogP contribution in [-0.2, 0) is 0 Å². The Balaban J connectivity index is 2.26. The van der Waals surface area contributed by atoms with E-state index in [1.807, 2.05) is 0 Å². The van der Waals surface area contributed by atoms with Gasteiger partial charge in [0.05, 0.1) is 5.60 Å². The minimum atomic E-state index is -0.571. The van der Waals surface area contributed by atoms with Crippen molar-refractivity contribution in [3.8, 4) is 0 Å². The summed E-state index contributed by atoms with van der Waals surface area (Å²) in [6, 6.07) is 0. The van der Waals surface area contributed by atoms with Crippen LogP contribution < -0.4 is 0 Å². The van der Waals surface area contributed by atoms with Gasteiger partial charge in [-0.05, 0) is 31.1 Å². The van der Waals surface area contributed by atoms with Crippen molar-refractivity contribution < 1.29 is 10.2 Å². The summed E-state index contributed by atoms with van der Waals surface area (Å²) in [5.74, 6) is 0.126. The van der Waals surface area contributed by atoms with Crippen LogP contribution in [0.1, 0.15) is 51.9 Å². The molecule has 2 saturated carbocycles. The predicted octanol–water partition coefficient (Wildman–Crippen LogP) is 2.09. The van der Waals surface area contributed by atoms with Gasteiger partial charge in [0.2, 0.25) is 0 Å². The molecule has 0 heterocycles. The van der Waals surface area contributed by atoms with Crippen molar-refractivity contribution in [2.75, 3.05) is 6.61 Å². The summed E-state index contributed by atoms with van der Waals surface area (Å²) in [4.78, 5) is 0. The molecule has 0 amide bonds. The van der Waals surface area contributed by atoms with Crippen LogP contribution in [0.2, 0.25) is 0 Å². The van der Waals surface area contributed by atoms with Crippen molar-refractivity contribution in [3.63, 3.8) is 0 Å². The first-order chi connectivity index (χ1) is 6.62. The Morgan fingerprint density at radius 1 is 1.14 bits per heavy atom. The molecule has 0 aliphatic heterocycles. The molecule has 2 nitrogen and oxygen atoms in total. The van der Waals surface area contributed by atoms with Crippen molar-refractivity contribution in [2.45, 2.75) is 57.5 Å². The summed E-state index contributed by atoms with van der Waals surface area (Å²) in [7, 11) is 0. The van der Waals surface area contributed by atoms with Crippen molar-refractivity contribution in [1.82, 2.24) is 0 Å². The van der Waals surface area contributed by atoms with Gasteiger partial charge in [0.25, 0.3) is 0 Å². The number of aliphatic hydroxyl groups is 2. The number of hydrogen-bond donors (Lipinski definition) is 2. The first kappa shape index (κ1) is 10.4. The van der Waals surface area contributed by atoms with Crippen LogP contribution in [0.25, 0.3) is 0 Å². The molecule has 0 unspecified atom stereocenters. The highest BCUT2D eigenvalue weighted by atomic mass is 16.3. The third-order valence-corrected chi connectivity index (χ3v) is 4.76. The highest BCUT2D eigenvalue weighted by molar-refractivity contribution is 5.05. The molecule has 2 fully saturated rings. The lowest BCUT2D eigenvalue weighted by molar-refractivity contribution is -0.178. The zero-order chi connectivity index (χ0) is 10.2. The van der Waals surface area contributed by atoms with Crippen LogP contribution in [0.4, 0.5) is 0 Å². The molecule has 14 heavy (non-hydrogen) atoms. The molecule has 82 valence electrons. The van der Waals surface area contributed by atoms with E-state index in [4.69, 9.17) is 0 Å². The average molecular weight is 198 g/mol. The van der Waals surface area contributed by atoms with E-state index in [1.54, 1.807) is 0 Å². The van der Waals surface area contributed by atoms with Gasteiger partial charge < -0.3 is 10.2 Å². The number of aliphatic hydroxyl groups excluding tert-OH is 1. The van der Waals surface area contributed by atoms with Crippen LogP contribution in [0.5, 0.6) is 0 Å². The molecule has 2 aliphatic carbocycles. The Labute approximate surface area is 86.3 Å². The molecule has 2 N–H and O–H groups in total. The van der Waals surface area contributed by atoms with Gasteiger partial charge in [-0.25, -0.2) is 0 Å². The summed E-state index contributed by atoms with van der Waals surface area (Å²) < 4.78 is 0. The zero-order valence-electron chi connectivity index (χ0n) is 9.13. The predicted molar refractivity (Wildman–Crippen MR) is 56.0 cm³/mol. The topological polar surface area (TPSA) is 40.5 Å². The average Bonchev–Trinajstić information content (AvgIpc) is 2.17. The third kappa shape index (κ3) is 1.31. The molecule has 0 aromatic heterocycles. The molecule has 2 aliphatic rings. The standard InChI is InChI=1S/C12H22O2/c1-11-6-2-3-8-12(11,14)10(9-13)5-4-7-11/h10,13-14H,2-9H2,1H3/t10-,11-,12+/m0/s1. The monoisotopic (exact) mass is 198 g/mol. The van der Waals surface area contributed by atoms with Gasteiger partial charge in [-0.15, -0.1) is 0 Å². The largest absolute Gasteiger partial charge is 0.396 e. The quantitative estimate of drug-likeness (QED) is 0.677. The Morgan fingerprint density at radius 2 is 1.79 bits per heavy atom. The maximum absolute atomic E-state index is 10.8. The minimum Gasteiger partial charge on any atom is -0.396 e. The van der Waals surface area contributed by atoms with Crippen molar-refractivity contribution in [2.24, 2.45) is 11.3 Å². The molecule has 0 spiro atoms. The Morgan fingerprint density at radius 3 is 2.50 bits per heavy atom. The van der Waals surface area contributed by atoms with E-state index in [0.29, 0.717) is 0 Å². The molecule has 0 aromatic rings. The molecule has 0 saturated heterocycles. The van der Waals surface area contributed by atoms with Gasteiger partial charge in [0.15, 0.2) is 0 Å². The normalized spacial score (nSPS) is 48.6. The fraction of sp³-hybridized carbons (Fsp3) is 1.00. The molecule has 2 heteroatoms. The van der Waals surface area contributed by atoms with E-state index >= 15 is 0 Å². The lowest BCUT2D eigenvalue weighted by Crippen LogP contribution is -2.57. The fourth-order valence-corrected chi connectivity index (χ4v) is 3.69. The van der Waals surface area contributed by atoms with Gasteiger partial charge in [0, 0.05) is 12.5 Å². The molecule has 0 radical (unpaired) electrons. The highest BCUT2D eigenvalue weighted by Gasteiger charge is 2.54. The van der Waals surface area contributed by atoms with Crippen LogP contribution in [-0.4, -0.2) is 22.4 Å². The molecule has 2 rings (SSSR count). The molecule has 3 atom stereocenters. The van der Waals surface area contributed by atoms with E-state index in [0.717, 1.165) is 32.1 Å². The van der Waals surface area contributed by atoms with E-state index in [2.05, 4.69) is 6.92 Å². The molecular weight excluding hydrogens is 176 g/mol. The van der Waals surface area contributed by atoms with Crippen LogP contribution in [0.3, 0.4) is 0 Å². The first-order valence-corrected chi connectivity index (χ1v) is 5.96. The Kier molecular flexibility index (Phi) is 2.61. The Hall–Kier alpha value is -0.0800. The van der Waals surface area contributed by atoms with E-state index in [1.165, 1.54) is 12.8 Å². The SMILES string of the molecule is C[C@@]12CCCC[C@@]1(O)[C@H](CO)CCC2. The number of fused-ring (bicyclic) bond motifs is 1. The van der Waals surface area contributed by atoms with Gasteiger partial charge >= 0.3 is 0 Å². The lowest BCUT2D eigenvalue weighted by Gasteiger charge is -2.55. The molecule has 0 aromatic carbocycles. The number of hydrogen-bond acceptors (Lipinski definition) is 2. The highest BCUT2D eigenvalue weighted by Crippen LogP contribution is 2.55. The molecular formula is C12H22O2. The first-order valence-electron chi connectivity index (χ1n) is 5.96. The Bertz CT molecular complexity index is 212. The van der Waals surface area contributed by atoms with Gasteiger partial charge in [-0.2, -0.15) is 0 Å². The summed E-state index contributed by atoms with van der Waals surface area (Å²) in [5, 5.41) is 20.1. The fourth-order valence-electron chi connectivity index (χ4n) is 3.69. The zero-order valence-corrected chi connectivity index (χ0v) is 9.13. The summed E-state index contributed by atoms with van der Waals surface area (Å²) in [5.41, 5.74) is -0.491. The summed E-state index contributed by atoms with van der Waals surface area (Å²) >= 11 is 0. The van der Waals surface area contributed by atoms with Gasteiger partial charge in [-0.1, -0.05) is 26.2 Å². The summed E-state index contributed by atoms with van der Waals surface area (Å²) in [6.45, 7) is 2.38. The lowest BCUT2D eigenvalue weighted by atomic mass is 9.54. The van der Waals surface area contributed by atoms with Gasteiger partial charge in [0.1, 0.15) is 0 Å². The number of rotatable bonds is 1. The van der Waals surface area contributed by atoms with E-state index in [-0.39, 0.29) is 17.9 Å². The summed E-state index contributed by atoms with van der Waals surface area (Å²) in [6.07, 6.45) is 7.72. The molecule has 0 bridgehead atoms. The maximum Gasteiger partial charge on any atom is 0.0750 e.